The number of anilines is 1. The summed E-state index contributed by atoms with van der Waals surface area (Å²) < 4.78 is 22.8. The van der Waals surface area contributed by atoms with Crippen LogP contribution < -0.4 is 4.72 Å². The molecule has 0 spiro atoms. The van der Waals surface area contributed by atoms with Crippen LogP contribution in [0.15, 0.2) is 24.3 Å². The molecule has 0 bridgehead atoms. The Balaban J connectivity index is 0.00000169. The van der Waals surface area contributed by atoms with Gasteiger partial charge in [-0.3, -0.25) is 9.00 Å². The van der Waals surface area contributed by atoms with E-state index in [1.807, 2.05) is 0 Å². The summed E-state index contributed by atoms with van der Waals surface area (Å²) in [5.74, 6) is -0.173. The van der Waals surface area contributed by atoms with Crippen LogP contribution in [0.1, 0.15) is 17.3 Å². The number of carbonyl (C=O) groups excluding carboxylic acids is 1. The monoisotopic (exact) mass is 221 g/mol. The van der Waals surface area contributed by atoms with Crippen LogP contribution in [-0.2, 0) is 11.3 Å². The maximum Gasteiger partial charge on any atom is 0.161 e. The van der Waals surface area contributed by atoms with Crippen LogP contribution >= 0.6 is 0 Å². The van der Waals surface area contributed by atoms with Crippen molar-refractivity contribution in [2.24, 2.45) is 0 Å². The van der Waals surface area contributed by atoms with Crippen LogP contribution in [0.5, 0.6) is 0 Å². The molecule has 1 radical (unpaired) electrons. The van der Waals surface area contributed by atoms with Crippen molar-refractivity contribution in [3.8, 4) is 0 Å². The number of ketones is 1. The van der Waals surface area contributed by atoms with Gasteiger partial charge in [-0.1, -0.05) is 12.1 Å². The molecule has 0 heterocycles. The molecule has 1 aromatic carbocycles. The van der Waals surface area contributed by atoms with Gasteiger partial charge >= 0.3 is 0 Å². The van der Waals surface area contributed by atoms with E-state index in [2.05, 4.69) is 4.72 Å². The van der Waals surface area contributed by atoms with Gasteiger partial charge in [0.15, 0.2) is 5.78 Å². The minimum atomic E-state index is -2.40. The second kappa shape index (κ2) is 6.31. The number of Topliss-reactive ketones (excluding diaryl/α,β-unsaturated/α-hetero) is 1. The van der Waals surface area contributed by atoms with Gasteiger partial charge in [0, 0.05) is 46.4 Å². The molecule has 6 heteroatoms. The topological polar surface area (TPSA) is 69.2 Å². The Bertz CT molecular complexity index is 356. The van der Waals surface area contributed by atoms with Crippen molar-refractivity contribution in [2.45, 2.75) is 6.92 Å². The third kappa shape index (κ3) is 3.89. The number of rotatable bonds is 3. The van der Waals surface area contributed by atoms with E-state index >= 15 is 0 Å². The average Bonchev–Trinajstić information content (AvgIpc) is 2.03. The first kappa shape index (κ1) is 13.8. The molecule has 1 rings (SSSR count). The third-order valence-corrected chi connectivity index (χ3v) is 1.89. The van der Waals surface area contributed by atoms with E-state index in [-0.39, 0.29) is 35.3 Å². The molecular formula is C8H8NNaO3S-. The first-order chi connectivity index (χ1) is 6.11. The fourth-order valence-corrected chi connectivity index (χ4v) is 1.33. The SMILES string of the molecule is CC(=O)c1ccccc1NS(=O)[O-].[Na]. The summed E-state index contributed by atoms with van der Waals surface area (Å²) in [5, 5.41) is 0. The summed E-state index contributed by atoms with van der Waals surface area (Å²) in [6.07, 6.45) is 0. The predicted molar refractivity (Wildman–Crippen MR) is 54.7 cm³/mol. The van der Waals surface area contributed by atoms with Gasteiger partial charge in [0.2, 0.25) is 0 Å². The van der Waals surface area contributed by atoms with E-state index in [9.17, 15) is 13.6 Å². The molecule has 0 fully saturated rings. The Hall–Kier alpha value is -0.200. The zero-order valence-corrected chi connectivity index (χ0v) is 10.8. The molecule has 0 aromatic heterocycles. The Labute approximate surface area is 107 Å². The van der Waals surface area contributed by atoms with Crippen LogP contribution in [0.25, 0.3) is 0 Å². The summed E-state index contributed by atoms with van der Waals surface area (Å²) in [6.45, 7) is 1.38. The molecule has 1 unspecified atom stereocenters. The molecule has 0 saturated heterocycles. The van der Waals surface area contributed by atoms with Gasteiger partial charge in [0.1, 0.15) is 0 Å². The molecule has 0 aliphatic rings. The van der Waals surface area contributed by atoms with Gasteiger partial charge in [-0.25, -0.2) is 0 Å². The van der Waals surface area contributed by atoms with Gasteiger partial charge in [0.25, 0.3) is 0 Å². The number of para-hydroxylation sites is 1. The predicted octanol–water partition coefficient (Wildman–Crippen LogP) is 0.714. The van der Waals surface area contributed by atoms with Crippen LogP contribution in [0.3, 0.4) is 0 Å². The van der Waals surface area contributed by atoms with Crippen molar-refractivity contribution in [3.63, 3.8) is 0 Å². The molecule has 0 aliphatic carbocycles. The molecule has 0 aliphatic heterocycles. The molecule has 0 amide bonds. The van der Waals surface area contributed by atoms with Gasteiger partial charge < -0.3 is 9.27 Å². The van der Waals surface area contributed by atoms with Gasteiger partial charge in [0.05, 0.1) is 5.69 Å². The van der Waals surface area contributed by atoms with Crippen LogP contribution in [0.2, 0.25) is 0 Å². The Morgan fingerprint density at radius 3 is 2.50 bits per heavy atom. The molecule has 0 saturated carbocycles. The molecule has 1 N–H and O–H groups in total. The van der Waals surface area contributed by atoms with Gasteiger partial charge in [-0.2, -0.15) is 0 Å². The number of benzene rings is 1. The maximum atomic E-state index is 11.0. The van der Waals surface area contributed by atoms with Crippen molar-refractivity contribution >= 4 is 52.3 Å². The number of carbonyl (C=O) groups is 1. The van der Waals surface area contributed by atoms with Crippen LogP contribution in [0, 0.1) is 0 Å². The second-order valence-corrected chi connectivity index (χ2v) is 3.11. The fourth-order valence-electron chi connectivity index (χ4n) is 0.969. The molecule has 14 heavy (non-hydrogen) atoms. The van der Waals surface area contributed by atoms with E-state index in [0.29, 0.717) is 11.3 Å². The van der Waals surface area contributed by atoms with E-state index in [1.165, 1.54) is 13.0 Å². The number of hydrogen-bond acceptors (Lipinski definition) is 3. The van der Waals surface area contributed by atoms with Gasteiger partial charge in [-0.05, 0) is 19.1 Å². The van der Waals surface area contributed by atoms with E-state index in [4.69, 9.17) is 0 Å². The minimum absolute atomic E-state index is 0. The Kier molecular flexibility index (Phi) is 6.22. The fraction of sp³-hybridized carbons (Fsp3) is 0.125. The van der Waals surface area contributed by atoms with Crippen molar-refractivity contribution in [1.29, 1.82) is 0 Å². The average molecular weight is 221 g/mol. The molecule has 71 valence electrons. The zero-order valence-electron chi connectivity index (χ0n) is 7.94. The standard InChI is InChI=1S/C8H9NO3S.Na/c1-6(10)7-4-2-3-5-8(7)9-13(11)12;/h2-5,9H,1H3,(H,11,12);/p-1. The van der Waals surface area contributed by atoms with Gasteiger partial charge in [-0.15, -0.1) is 0 Å². The number of hydrogen-bond donors (Lipinski definition) is 1. The van der Waals surface area contributed by atoms with Crippen molar-refractivity contribution in [2.75, 3.05) is 4.72 Å². The van der Waals surface area contributed by atoms with E-state index < -0.39 is 11.3 Å². The minimum Gasteiger partial charge on any atom is -0.755 e. The van der Waals surface area contributed by atoms with E-state index in [0.717, 1.165) is 0 Å². The first-order valence-corrected chi connectivity index (χ1v) is 4.64. The smallest absolute Gasteiger partial charge is 0.161 e. The van der Waals surface area contributed by atoms with Crippen LogP contribution in [0.4, 0.5) is 5.69 Å². The number of nitrogens with one attached hydrogen (secondary N) is 1. The van der Waals surface area contributed by atoms with Crippen molar-refractivity contribution in [3.05, 3.63) is 29.8 Å². The zero-order chi connectivity index (χ0) is 9.84. The first-order valence-electron chi connectivity index (χ1n) is 3.57. The molecular weight excluding hydrogens is 213 g/mol. The summed E-state index contributed by atoms with van der Waals surface area (Å²) in [7, 11) is 0. The summed E-state index contributed by atoms with van der Waals surface area (Å²) in [5.41, 5.74) is 0.676. The maximum absolute atomic E-state index is 11.0. The largest absolute Gasteiger partial charge is 0.755 e. The molecule has 4 nitrogen and oxygen atoms in total. The summed E-state index contributed by atoms with van der Waals surface area (Å²) in [4.78, 5) is 11.0. The molecule has 1 aromatic rings. The normalized spacial score (nSPS) is 11.3. The Morgan fingerprint density at radius 1 is 1.43 bits per heavy atom. The summed E-state index contributed by atoms with van der Waals surface area (Å²) in [6, 6.07) is 6.43. The van der Waals surface area contributed by atoms with Crippen molar-refractivity contribution < 1.29 is 13.6 Å². The second-order valence-electron chi connectivity index (χ2n) is 2.44. The summed E-state index contributed by atoms with van der Waals surface area (Å²) >= 11 is -2.40. The Morgan fingerprint density at radius 2 is 2.00 bits per heavy atom. The van der Waals surface area contributed by atoms with Crippen molar-refractivity contribution in [1.82, 2.24) is 0 Å². The van der Waals surface area contributed by atoms with E-state index in [1.54, 1.807) is 18.2 Å². The quantitative estimate of drug-likeness (QED) is 0.464. The molecule has 1 atom stereocenters. The third-order valence-electron chi connectivity index (χ3n) is 1.50. The van der Waals surface area contributed by atoms with Crippen LogP contribution in [-0.4, -0.2) is 44.1 Å².